The summed E-state index contributed by atoms with van der Waals surface area (Å²) in [6.45, 7) is 2.13. The van der Waals surface area contributed by atoms with E-state index in [4.69, 9.17) is 26.2 Å². The second-order valence-corrected chi connectivity index (χ2v) is 17.6. The van der Waals surface area contributed by atoms with Crippen LogP contribution in [0.2, 0.25) is 0 Å². The predicted molar refractivity (Wildman–Crippen MR) is 204 cm³/mol. The Hall–Kier alpha value is -6.36. The number of carboxylic acids is 1. The fraction of sp³-hybridized carbons (Fsp3) is 0.0968. The molecule has 0 unspecified atom stereocenters. The van der Waals surface area contributed by atoms with Gasteiger partial charge in [-0.2, -0.15) is 27.1 Å². The molecule has 0 amide bonds. The number of nitrogen functional groups attached to an aromatic ring is 2. The normalized spacial score (nSPS) is 12.7. The first-order valence-corrected chi connectivity index (χ1v) is 21.4. The molecule has 0 aromatic heterocycles. The van der Waals surface area contributed by atoms with E-state index in [0.29, 0.717) is 6.40 Å². The van der Waals surface area contributed by atoms with Crippen LogP contribution in [-0.4, -0.2) is 72.6 Å². The van der Waals surface area contributed by atoms with E-state index in [1.54, 1.807) is 0 Å². The second-order valence-electron chi connectivity index (χ2n) is 11.1. The van der Waals surface area contributed by atoms with Crippen LogP contribution in [0.15, 0.2) is 124 Å². The van der Waals surface area contributed by atoms with Crippen molar-refractivity contribution in [1.82, 2.24) is 0 Å². The van der Waals surface area contributed by atoms with Crippen LogP contribution in [0.4, 0.5) is 45.5 Å². The van der Waals surface area contributed by atoms with Gasteiger partial charge in [-0.1, -0.05) is 12.6 Å². The number of ether oxygens (including phenoxy) is 1. The molecule has 27 heteroatoms. The molecule has 8 N–H and O–H groups in total. The molecule has 0 fully saturated rings. The highest BCUT2D eigenvalue weighted by Gasteiger charge is 2.27. The third-order valence-corrected chi connectivity index (χ3v) is 11.7. The van der Waals surface area contributed by atoms with Crippen molar-refractivity contribution in [3.05, 3.63) is 89.8 Å². The summed E-state index contributed by atoms with van der Waals surface area (Å²) in [4.78, 5) is 11.6. The monoisotopic (exact) mass is 879 g/mol. The molecule has 58 heavy (non-hydrogen) atoms. The average Bonchev–Trinajstić information content (AvgIpc) is 3.15. The fourth-order valence-corrected chi connectivity index (χ4v) is 7.36. The number of hydrogen-bond acceptors (Lipinski definition) is 20. The fourth-order valence-electron chi connectivity index (χ4n) is 4.56. The van der Waals surface area contributed by atoms with Gasteiger partial charge in [0.15, 0.2) is 26.1 Å². The van der Waals surface area contributed by atoms with Crippen LogP contribution < -0.4 is 11.5 Å². The molecule has 0 bridgehead atoms. The number of carboxylic acid groups (broad SMARTS) is 1. The zero-order valence-electron chi connectivity index (χ0n) is 29.1. The molecule has 0 aliphatic carbocycles. The van der Waals surface area contributed by atoms with Gasteiger partial charge >= 0.3 is 16.4 Å². The summed E-state index contributed by atoms with van der Waals surface area (Å²) in [5, 5.41) is 41.7. The van der Waals surface area contributed by atoms with E-state index < -0.39 is 103 Å². The number of hydrogen-bond donors (Lipinski definition) is 6. The molecular weight excluding hydrogens is 851 g/mol. The van der Waals surface area contributed by atoms with Gasteiger partial charge < -0.3 is 21.3 Å². The quantitative estimate of drug-likeness (QED) is 0.0230. The molecular formula is C31H29N9O14S4. The number of azo groups is 3. The van der Waals surface area contributed by atoms with Crippen molar-refractivity contribution in [3.8, 4) is 0 Å². The molecule has 23 nitrogen and oxygen atoms in total. The zero-order chi connectivity index (χ0) is 43.1. The number of rotatable bonds is 18. The van der Waals surface area contributed by atoms with Gasteiger partial charge in [0.1, 0.15) is 39.8 Å². The second kappa shape index (κ2) is 17.8. The Morgan fingerprint density at radius 3 is 1.74 bits per heavy atom. The number of anilines is 2. The van der Waals surface area contributed by atoms with Crippen LogP contribution in [0.1, 0.15) is 15.9 Å². The Morgan fingerprint density at radius 2 is 1.26 bits per heavy atom. The summed E-state index contributed by atoms with van der Waals surface area (Å²) in [6.07, 6.45) is 0.610. The molecule has 0 atom stereocenters. The molecule has 0 aliphatic heterocycles. The minimum Gasteiger partial charge on any atom is -0.479 e. The van der Waals surface area contributed by atoms with Crippen molar-refractivity contribution in [3.63, 3.8) is 0 Å². The van der Waals surface area contributed by atoms with Gasteiger partial charge in [-0.25, -0.2) is 25.8 Å². The average molecular weight is 880 g/mol. The van der Waals surface area contributed by atoms with E-state index in [0.717, 1.165) is 29.7 Å². The van der Waals surface area contributed by atoms with Crippen molar-refractivity contribution >= 4 is 98.1 Å². The zero-order valence-corrected chi connectivity index (χ0v) is 32.4. The molecule has 4 aromatic carbocycles. The summed E-state index contributed by atoms with van der Waals surface area (Å²) in [5.74, 6) is -2.57. The molecule has 4 rings (SSSR count). The predicted octanol–water partition coefficient (Wildman–Crippen LogP) is 5.68. The number of nitrogens with two attached hydrogens (primary N) is 2. The van der Waals surface area contributed by atoms with Gasteiger partial charge in [0.25, 0.3) is 10.1 Å². The number of aromatic carboxylic acids is 1. The number of nitrogens with one attached hydrogen (secondary N) is 1. The van der Waals surface area contributed by atoms with Crippen molar-refractivity contribution in [1.29, 1.82) is 5.41 Å². The van der Waals surface area contributed by atoms with E-state index in [2.05, 4.69) is 41.4 Å². The molecule has 0 radical (unpaired) electrons. The Bertz CT molecular complexity index is 2810. The lowest BCUT2D eigenvalue weighted by Gasteiger charge is -2.13. The van der Waals surface area contributed by atoms with Crippen molar-refractivity contribution in [2.75, 3.05) is 23.8 Å². The van der Waals surface area contributed by atoms with Crippen LogP contribution in [0.3, 0.4) is 0 Å². The van der Waals surface area contributed by atoms with Gasteiger partial charge in [0, 0.05) is 5.41 Å². The van der Waals surface area contributed by atoms with Gasteiger partial charge in [-0.05, 0) is 66.2 Å². The topological polar surface area (TPSA) is 383 Å². The van der Waals surface area contributed by atoms with E-state index in [1.807, 2.05) is 0 Å². The maximum atomic E-state index is 12.8. The van der Waals surface area contributed by atoms with Crippen LogP contribution in [0.25, 0.3) is 0 Å². The molecule has 306 valence electrons. The first-order valence-electron chi connectivity index (χ1n) is 15.4. The molecule has 0 saturated carbocycles. The third kappa shape index (κ3) is 11.1. The summed E-state index contributed by atoms with van der Waals surface area (Å²) in [6, 6.07) is 12.6. The Labute approximate surface area is 329 Å². The van der Waals surface area contributed by atoms with E-state index in [9.17, 15) is 48.1 Å². The summed E-state index contributed by atoms with van der Waals surface area (Å²) in [7, 11) is -17.8. The number of carbonyl (C=O) groups is 1. The van der Waals surface area contributed by atoms with Crippen molar-refractivity contribution in [2.24, 2.45) is 30.7 Å². The van der Waals surface area contributed by atoms with Gasteiger partial charge in [-0.15, -0.1) is 20.5 Å². The number of nitrogens with zero attached hydrogens (tertiary/aromatic N) is 6. The highest BCUT2D eigenvalue weighted by molar-refractivity contribution is 7.94. The van der Waals surface area contributed by atoms with Gasteiger partial charge in [-0.3, -0.25) is 14.5 Å². The van der Waals surface area contributed by atoms with Gasteiger partial charge in [0.2, 0.25) is 0 Å². The minimum absolute atomic E-state index is 0.00303. The van der Waals surface area contributed by atoms with Crippen molar-refractivity contribution in [2.45, 2.75) is 21.3 Å². The lowest BCUT2D eigenvalue weighted by Crippen LogP contribution is -2.15. The molecule has 0 heterocycles. The number of benzene rings is 4. The highest BCUT2D eigenvalue weighted by atomic mass is 32.3. The first-order chi connectivity index (χ1) is 27.1. The maximum Gasteiger partial charge on any atom is 0.397 e. The largest absolute Gasteiger partial charge is 0.479 e. The van der Waals surface area contributed by atoms with Crippen LogP contribution >= 0.6 is 0 Å². The van der Waals surface area contributed by atoms with Gasteiger partial charge in [0.05, 0.1) is 44.9 Å². The first kappa shape index (κ1) is 44.4. The Morgan fingerprint density at radius 1 is 0.741 bits per heavy atom. The Balaban J connectivity index is 1.89. The van der Waals surface area contributed by atoms with E-state index in [-0.39, 0.29) is 33.3 Å². The smallest absolute Gasteiger partial charge is 0.397 e. The Kier molecular flexibility index (Phi) is 13.6. The van der Waals surface area contributed by atoms with Crippen LogP contribution in [0.5, 0.6) is 0 Å². The van der Waals surface area contributed by atoms with E-state index in [1.165, 1.54) is 42.5 Å². The minimum atomic E-state index is -4.95. The standard InChI is InChI=1S/C31H29N9O14S4/c1-2-55(43,44)21-8-4-19(5-9-21)35-38-28-25(31(41)42)29(39-37-23-15-18(16-53-17-32)3-12-24(23)57(47,48)49)27(34)30(26(28)33)40-36-20-6-10-22(11-7-20)56(45,46)14-13-54-58(50,51)52/h2-12,15,17,32H,1,13-14,16,33-34H2,(H,41,42)(H,47,48,49)(H,50,51,52). The molecule has 0 spiro atoms. The highest BCUT2D eigenvalue weighted by Crippen LogP contribution is 2.49. The summed E-state index contributed by atoms with van der Waals surface area (Å²) >= 11 is 0. The maximum absolute atomic E-state index is 12.8. The van der Waals surface area contributed by atoms with Crippen LogP contribution in [-0.2, 0) is 55.7 Å². The van der Waals surface area contributed by atoms with Crippen molar-refractivity contribution < 1.29 is 61.6 Å². The summed E-state index contributed by atoms with van der Waals surface area (Å²) in [5.41, 5.74) is 8.52. The molecule has 0 saturated heterocycles. The SMILES string of the molecule is C=CS(=O)(=O)c1ccc(N=Nc2c(N)c(N=Nc3ccc(S(=O)(=O)CCOS(=O)(=O)O)cc3)c(N)c(N=Nc3cc(COC=N)ccc3S(=O)(=O)O)c2C(=O)O)cc1. The molecule has 4 aromatic rings. The van der Waals surface area contributed by atoms with Crippen LogP contribution in [0, 0.1) is 5.41 Å². The summed E-state index contributed by atoms with van der Waals surface area (Å²) < 4.78 is 123. The lowest BCUT2D eigenvalue weighted by molar-refractivity contribution is 0.0698. The lowest BCUT2D eigenvalue weighted by atomic mass is 10.1. The third-order valence-electron chi connectivity index (χ3n) is 7.30. The number of sulfone groups is 2. The molecule has 0 aliphatic rings. The van der Waals surface area contributed by atoms with E-state index >= 15 is 0 Å².